The van der Waals surface area contributed by atoms with E-state index in [0.717, 1.165) is 22.4 Å². The van der Waals surface area contributed by atoms with E-state index in [1.807, 2.05) is 39.8 Å². The van der Waals surface area contributed by atoms with Crippen LogP contribution in [0.15, 0.2) is 12.1 Å². The number of esters is 1. The molecule has 0 saturated carbocycles. The lowest BCUT2D eigenvalue weighted by atomic mass is 10.1. The summed E-state index contributed by atoms with van der Waals surface area (Å²) in [6.45, 7) is 10.8. The van der Waals surface area contributed by atoms with E-state index in [9.17, 15) is 9.59 Å². The predicted octanol–water partition coefficient (Wildman–Crippen LogP) is 2.91. The predicted molar refractivity (Wildman–Crippen MR) is 103 cm³/mol. The normalized spacial score (nSPS) is 11.8. The highest BCUT2D eigenvalue weighted by Gasteiger charge is 2.21. The van der Waals surface area contributed by atoms with Crippen LogP contribution in [0.3, 0.4) is 0 Å². The largest absolute Gasteiger partial charge is 0.481 e. The molecule has 7 heteroatoms. The van der Waals surface area contributed by atoms with Crippen molar-refractivity contribution in [1.82, 2.24) is 9.78 Å². The molecule has 0 aliphatic heterocycles. The molecule has 0 aliphatic rings. The Morgan fingerprint density at radius 1 is 1.15 bits per heavy atom. The Labute approximate surface area is 159 Å². The Morgan fingerprint density at radius 2 is 1.74 bits per heavy atom. The van der Waals surface area contributed by atoms with Crippen molar-refractivity contribution in [3.8, 4) is 5.75 Å². The van der Waals surface area contributed by atoms with Crippen molar-refractivity contribution in [2.45, 2.75) is 47.6 Å². The molecule has 1 aromatic carbocycles. The summed E-state index contributed by atoms with van der Waals surface area (Å²) >= 11 is 0. The Balaban J connectivity index is 1.92. The van der Waals surface area contributed by atoms with Crippen molar-refractivity contribution in [2.24, 2.45) is 7.05 Å². The van der Waals surface area contributed by atoms with Crippen LogP contribution in [0, 0.1) is 34.6 Å². The van der Waals surface area contributed by atoms with Gasteiger partial charge in [-0.05, 0) is 52.7 Å². The molecule has 0 spiro atoms. The van der Waals surface area contributed by atoms with Crippen LogP contribution >= 0.6 is 0 Å². The maximum Gasteiger partial charge on any atom is 0.344 e. The van der Waals surface area contributed by atoms with Gasteiger partial charge in [-0.25, -0.2) is 4.79 Å². The molecule has 1 N–H and O–H groups in total. The van der Waals surface area contributed by atoms with Crippen molar-refractivity contribution < 1.29 is 19.1 Å². The van der Waals surface area contributed by atoms with Crippen molar-refractivity contribution in [1.29, 1.82) is 0 Å². The highest BCUT2D eigenvalue weighted by molar-refractivity contribution is 5.96. The van der Waals surface area contributed by atoms with Crippen LogP contribution in [0.2, 0.25) is 0 Å². The summed E-state index contributed by atoms with van der Waals surface area (Å²) in [5.74, 6) is -0.349. The summed E-state index contributed by atoms with van der Waals surface area (Å²) in [4.78, 5) is 24.4. The quantitative estimate of drug-likeness (QED) is 0.787. The molecule has 0 aliphatic carbocycles. The zero-order chi connectivity index (χ0) is 20.3. The second kappa shape index (κ2) is 8.24. The second-order valence-corrected chi connectivity index (χ2v) is 6.81. The molecule has 146 valence electrons. The summed E-state index contributed by atoms with van der Waals surface area (Å²) in [5.41, 5.74) is 5.20. The van der Waals surface area contributed by atoms with E-state index in [2.05, 4.69) is 10.4 Å². The smallest absolute Gasteiger partial charge is 0.344 e. The topological polar surface area (TPSA) is 82.4 Å². The van der Waals surface area contributed by atoms with Crippen molar-refractivity contribution >= 4 is 17.6 Å². The fourth-order valence-electron chi connectivity index (χ4n) is 2.99. The SMILES string of the molecule is Cc1cc(C)c(OCC(=O)O[C@@H](C)C(=O)Nc2c(C)nn(C)c2C)c(C)c1. The molecule has 1 amide bonds. The van der Waals surface area contributed by atoms with Crippen LogP contribution in [-0.4, -0.2) is 34.4 Å². The van der Waals surface area contributed by atoms with Gasteiger partial charge >= 0.3 is 5.97 Å². The number of nitrogens with zero attached hydrogens (tertiary/aromatic N) is 2. The number of hydrogen-bond donors (Lipinski definition) is 1. The zero-order valence-electron chi connectivity index (χ0n) is 17.0. The zero-order valence-corrected chi connectivity index (χ0v) is 17.0. The van der Waals surface area contributed by atoms with Gasteiger partial charge in [0.2, 0.25) is 0 Å². The van der Waals surface area contributed by atoms with E-state index < -0.39 is 18.0 Å². The van der Waals surface area contributed by atoms with Gasteiger partial charge in [0, 0.05) is 7.05 Å². The molecule has 0 bridgehead atoms. The van der Waals surface area contributed by atoms with Crippen LogP contribution in [0.4, 0.5) is 5.69 Å². The van der Waals surface area contributed by atoms with Gasteiger partial charge in [0.05, 0.1) is 17.1 Å². The maximum atomic E-state index is 12.3. The molecule has 7 nitrogen and oxygen atoms in total. The van der Waals surface area contributed by atoms with Gasteiger partial charge in [-0.2, -0.15) is 5.10 Å². The fourth-order valence-corrected chi connectivity index (χ4v) is 2.99. The van der Waals surface area contributed by atoms with Crippen molar-refractivity contribution in [3.63, 3.8) is 0 Å². The van der Waals surface area contributed by atoms with Gasteiger partial charge in [0.25, 0.3) is 5.91 Å². The van der Waals surface area contributed by atoms with E-state index in [1.54, 1.807) is 18.7 Å². The van der Waals surface area contributed by atoms with Gasteiger partial charge in [-0.3, -0.25) is 9.48 Å². The molecule has 0 fully saturated rings. The third-order valence-corrected chi connectivity index (χ3v) is 4.37. The third-order valence-electron chi connectivity index (χ3n) is 4.37. The number of carbonyl (C=O) groups is 2. The van der Waals surface area contributed by atoms with Gasteiger partial charge in [0.1, 0.15) is 5.75 Å². The fraction of sp³-hybridized carbons (Fsp3) is 0.450. The minimum Gasteiger partial charge on any atom is -0.481 e. The highest BCUT2D eigenvalue weighted by Crippen LogP contribution is 2.24. The Bertz CT molecular complexity index is 847. The molecule has 1 aromatic heterocycles. The highest BCUT2D eigenvalue weighted by atomic mass is 16.6. The Kier molecular flexibility index (Phi) is 6.25. The minimum absolute atomic E-state index is 0.257. The number of aryl methyl sites for hydroxylation is 5. The van der Waals surface area contributed by atoms with E-state index in [-0.39, 0.29) is 6.61 Å². The van der Waals surface area contributed by atoms with Crippen LogP contribution in [0.5, 0.6) is 5.75 Å². The van der Waals surface area contributed by atoms with E-state index in [1.165, 1.54) is 6.92 Å². The molecular weight excluding hydrogens is 346 g/mol. The molecule has 0 radical (unpaired) electrons. The Morgan fingerprint density at radius 3 is 2.26 bits per heavy atom. The number of benzene rings is 1. The Hall–Kier alpha value is -2.83. The van der Waals surface area contributed by atoms with Gasteiger partial charge in [-0.1, -0.05) is 17.7 Å². The third kappa shape index (κ3) is 4.87. The van der Waals surface area contributed by atoms with Crippen LogP contribution in [0.1, 0.15) is 35.0 Å². The first-order valence-electron chi connectivity index (χ1n) is 8.81. The van der Waals surface area contributed by atoms with Gasteiger partial charge in [0.15, 0.2) is 12.7 Å². The summed E-state index contributed by atoms with van der Waals surface area (Å²) in [7, 11) is 1.80. The number of nitrogens with one attached hydrogen (secondary N) is 1. The second-order valence-electron chi connectivity index (χ2n) is 6.81. The number of anilines is 1. The summed E-state index contributed by atoms with van der Waals surface area (Å²) < 4.78 is 12.5. The van der Waals surface area contributed by atoms with Crippen molar-refractivity contribution in [2.75, 3.05) is 11.9 Å². The van der Waals surface area contributed by atoms with Crippen LogP contribution < -0.4 is 10.1 Å². The van der Waals surface area contributed by atoms with Crippen LogP contribution in [0.25, 0.3) is 0 Å². The first kappa shape index (κ1) is 20.5. The molecule has 0 saturated heterocycles. The number of rotatable bonds is 6. The lowest BCUT2D eigenvalue weighted by molar-refractivity contribution is -0.155. The standard InChI is InChI=1S/C20H27N3O4/c1-11-8-12(2)19(13(3)9-11)26-10-17(24)27-16(6)20(25)21-18-14(4)22-23(7)15(18)5/h8-9,16H,10H2,1-7H3,(H,21,25)/t16-/m0/s1. The van der Waals surface area contributed by atoms with E-state index in [0.29, 0.717) is 17.1 Å². The summed E-state index contributed by atoms with van der Waals surface area (Å²) in [6, 6.07) is 3.98. The number of hydrogen-bond acceptors (Lipinski definition) is 5. The van der Waals surface area contributed by atoms with Crippen molar-refractivity contribution in [3.05, 3.63) is 40.2 Å². The average Bonchev–Trinajstić information content (AvgIpc) is 2.79. The lowest BCUT2D eigenvalue weighted by Gasteiger charge is -2.16. The summed E-state index contributed by atoms with van der Waals surface area (Å²) in [5, 5.41) is 7.01. The van der Waals surface area contributed by atoms with E-state index >= 15 is 0 Å². The molecule has 1 heterocycles. The molecule has 0 unspecified atom stereocenters. The molecule has 27 heavy (non-hydrogen) atoms. The van der Waals surface area contributed by atoms with Crippen LogP contribution in [-0.2, 0) is 21.4 Å². The number of ether oxygens (including phenoxy) is 2. The number of amides is 1. The van der Waals surface area contributed by atoms with Gasteiger partial charge in [-0.15, -0.1) is 0 Å². The minimum atomic E-state index is -0.944. The molecule has 2 aromatic rings. The molecule has 1 atom stereocenters. The molecule has 2 rings (SSSR count). The first-order chi connectivity index (χ1) is 12.6. The summed E-state index contributed by atoms with van der Waals surface area (Å²) in [6.07, 6.45) is -0.944. The maximum absolute atomic E-state index is 12.3. The van der Waals surface area contributed by atoms with E-state index in [4.69, 9.17) is 9.47 Å². The average molecular weight is 373 g/mol. The first-order valence-corrected chi connectivity index (χ1v) is 8.81. The number of aromatic nitrogens is 2. The monoisotopic (exact) mass is 373 g/mol. The van der Waals surface area contributed by atoms with Gasteiger partial charge < -0.3 is 14.8 Å². The molecular formula is C20H27N3O4. The lowest BCUT2D eigenvalue weighted by Crippen LogP contribution is -2.32. The number of carbonyl (C=O) groups excluding carboxylic acids is 2.